The Balaban J connectivity index is 4.94. The average molecular weight is 206 g/mol. The number of rotatable bonds is 5. The molecule has 0 saturated heterocycles. The predicted octanol–water partition coefficient (Wildman–Crippen LogP) is 4.60. The first-order chi connectivity index (χ1) is 6.27. The maximum Gasteiger partial charge on any atom is 0.244 e. The molecule has 0 unspecified atom stereocenters. The van der Waals surface area contributed by atoms with Gasteiger partial charge in [0.05, 0.1) is 0 Å². The molecule has 0 aliphatic rings. The van der Waals surface area contributed by atoms with E-state index in [-0.39, 0.29) is 5.92 Å². The third kappa shape index (κ3) is 2.68. The highest BCUT2D eigenvalue weighted by molar-refractivity contribution is 4.87. The van der Waals surface area contributed by atoms with Gasteiger partial charge in [0.15, 0.2) is 0 Å². The van der Waals surface area contributed by atoms with Crippen molar-refractivity contribution >= 4 is 0 Å². The monoisotopic (exact) mass is 206 g/mol. The van der Waals surface area contributed by atoms with E-state index in [1.807, 2.05) is 34.6 Å². The molecule has 0 nitrogen and oxygen atoms in total. The van der Waals surface area contributed by atoms with E-state index in [9.17, 15) is 8.78 Å². The first-order valence-corrected chi connectivity index (χ1v) is 5.55. The second kappa shape index (κ2) is 5.09. The van der Waals surface area contributed by atoms with Crippen molar-refractivity contribution in [3.8, 4) is 0 Å². The highest BCUT2D eigenvalue weighted by atomic mass is 19.3. The smallest absolute Gasteiger partial charge is 0.210 e. The molecule has 0 aromatic rings. The lowest BCUT2D eigenvalue weighted by Gasteiger charge is -2.41. The van der Waals surface area contributed by atoms with E-state index < -0.39 is 11.8 Å². The van der Waals surface area contributed by atoms with Crippen LogP contribution >= 0.6 is 0 Å². The third-order valence-electron chi connectivity index (χ3n) is 3.46. The van der Waals surface area contributed by atoms with Gasteiger partial charge >= 0.3 is 0 Å². The molecule has 0 fully saturated rings. The molecule has 0 aromatic heterocycles. The zero-order valence-corrected chi connectivity index (χ0v) is 10.3. The normalized spacial score (nSPS) is 17.1. The lowest BCUT2D eigenvalue weighted by Crippen LogP contribution is -2.40. The van der Waals surface area contributed by atoms with Crippen molar-refractivity contribution in [3.05, 3.63) is 0 Å². The second-order valence-corrected chi connectivity index (χ2v) is 5.17. The van der Waals surface area contributed by atoms with E-state index in [0.29, 0.717) is 18.3 Å². The van der Waals surface area contributed by atoms with Gasteiger partial charge in [0.1, 0.15) is 0 Å². The van der Waals surface area contributed by atoms with Crippen LogP contribution in [0.1, 0.15) is 48.0 Å². The van der Waals surface area contributed by atoms with Crippen LogP contribution in [0.5, 0.6) is 0 Å². The van der Waals surface area contributed by atoms with Crippen LogP contribution in [0.2, 0.25) is 0 Å². The predicted molar refractivity (Wildman–Crippen MR) is 57.6 cm³/mol. The maximum atomic E-state index is 13.1. The number of halogens is 2. The fourth-order valence-corrected chi connectivity index (χ4v) is 2.83. The molecule has 0 bridgehead atoms. The molecule has 0 aliphatic heterocycles. The Morgan fingerprint density at radius 2 is 1.36 bits per heavy atom. The Labute approximate surface area is 87.1 Å². The molecule has 0 aliphatic carbocycles. The molecule has 0 amide bonds. The fourth-order valence-electron chi connectivity index (χ4n) is 2.83. The van der Waals surface area contributed by atoms with Crippen LogP contribution in [-0.4, -0.2) is 6.43 Å². The number of hydrogen-bond acceptors (Lipinski definition) is 0. The number of alkyl halides is 2. The SMILES string of the molecule is CC[C@](C)(C(F)F)C(C(C)C)C(C)C. The minimum absolute atomic E-state index is 0.0903. The van der Waals surface area contributed by atoms with E-state index >= 15 is 0 Å². The molecule has 1 atom stereocenters. The summed E-state index contributed by atoms with van der Waals surface area (Å²) in [6.07, 6.45) is -1.67. The second-order valence-electron chi connectivity index (χ2n) is 5.17. The lowest BCUT2D eigenvalue weighted by molar-refractivity contribution is -0.0674. The molecule has 0 heterocycles. The van der Waals surface area contributed by atoms with Gasteiger partial charge in [-0.05, 0) is 24.2 Å². The standard InChI is InChI=1S/C12H24F2/c1-7-12(6,11(13)14)10(8(2)3)9(4)5/h8-11H,7H2,1-6H3/t12-/m0/s1. The molecule has 0 spiro atoms. The summed E-state index contributed by atoms with van der Waals surface area (Å²) >= 11 is 0. The van der Waals surface area contributed by atoms with Crippen LogP contribution in [-0.2, 0) is 0 Å². The molecule has 0 aromatic carbocycles. The van der Waals surface area contributed by atoms with E-state index in [0.717, 1.165) is 0 Å². The summed E-state index contributed by atoms with van der Waals surface area (Å²) in [5, 5.41) is 0. The van der Waals surface area contributed by atoms with Crippen LogP contribution in [0.15, 0.2) is 0 Å². The topological polar surface area (TPSA) is 0 Å². The van der Waals surface area contributed by atoms with Gasteiger partial charge in [-0.1, -0.05) is 41.5 Å². The van der Waals surface area contributed by atoms with Gasteiger partial charge in [0.25, 0.3) is 0 Å². The summed E-state index contributed by atoms with van der Waals surface area (Å²) in [6.45, 7) is 11.8. The van der Waals surface area contributed by atoms with Crippen molar-refractivity contribution in [1.82, 2.24) is 0 Å². The van der Waals surface area contributed by atoms with Crippen LogP contribution in [0.3, 0.4) is 0 Å². The summed E-state index contributed by atoms with van der Waals surface area (Å²) in [6, 6.07) is 0. The van der Waals surface area contributed by atoms with Gasteiger partial charge in [-0.25, -0.2) is 8.78 Å². The Morgan fingerprint density at radius 3 is 1.43 bits per heavy atom. The Kier molecular flexibility index (Phi) is 5.03. The van der Waals surface area contributed by atoms with Crippen LogP contribution in [0.4, 0.5) is 8.78 Å². The van der Waals surface area contributed by atoms with E-state index in [2.05, 4.69) is 0 Å². The molecule has 0 rings (SSSR count). The van der Waals surface area contributed by atoms with Crippen molar-refractivity contribution in [3.63, 3.8) is 0 Å². The van der Waals surface area contributed by atoms with Gasteiger partial charge in [-0.15, -0.1) is 0 Å². The van der Waals surface area contributed by atoms with Gasteiger partial charge < -0.3 is 0 Å². The Morgan fingerprint density at radius 1 is 1.00 bits per heavy atom. The van der Waals surface area contributed by atoms with Crippen LogP contribution in [0.25, 0.3) is 0 Å². The van der Waals surface area contributed by atoms with Crippen molar-refractivity contribution in [2.75, 3.05) is 0 Å². The lowest BCUT2D eigenvalue weighted by atomic mass is 9.65. The third-order valence-corrected chi connectivity index (χ3v) is 3.46. The van der Waals surface area contributed by atoms with Crippen molar-refractivity contribution in [2.45, 2.75) is 54.4 Å². The summed E-state index contributed by atoms with van der Waals surface area (Å²) in [5.74, 6) is 0.718. The summed E-state index contributed by atoms with van der Waals surface area (Å²) in [7, 11) is 0. The zero-order valence-electron chi connectivity index (χ0n) is 10.3. The van der Waals surface area contributed by atoms with E-state index in [1.54, 1.807) is 6.92 Å². The fraction of sp³-hybridized carbons (Fsp3) is 1.00. The van der Waals surface area contributed by atoms with Gasteiger partial charge in [0, 0.05) is 5.41 Å². The molecule has 86 valence electrons. The minimum Gasteiger partial charge on any atom is -0.210 e. The maximum absolute atomic E-state index is 13.1. The molecule has 0 radical (unpaired) electrons. The highest BCUT2D eigenvalue weighted by Crippen LogP contribution is 2.45. The highest BCUT2D eigenvalue weighted by Gasteiger charge is 2.43. The quantitative estimate of drug-likeness (QED) is 0.617. The van der Waals surface area contributed by atoms with Crippen molar-refractivity contribution < 1.29 is 8.78 Å². The van der Waals surface area contributed by atoms with Crippen LogP contribution < -0.4 is 0 Å². The van der Waals surface area contributed by atoms with Gasteiger partial charge in [-0.2, -0.15) is 0 Å². The molecule has 2 heteroatoms. The molecular weight excluding hydrogens is 182 g/mol. The summed E-state index contributed by atoms with van der Waals surface area (Å²) in [5.41, 5.74) is -0.831. The van der Waals surface area contributed by atoms with Crippen LogP contribution in [0, 0.1) is 23.2 Å². The zero-order chi connectivity index (χ0) is 11.5. The molecule has 0 N–H and O–H groups in total. The summed E-state index contributed by atoms with van der Waals surface area (Å²) in [4.78, 5) is 0. The van der Waals surface area contributed by atoms with E-state index in [1.165, 1.54) is 0 Å². The van der Waals surface area contributed by atoms with E-state index in [4.69, 9.17) is 0 Å². The van der Waals surface area contributed by atoms with Crippen molar-refractivity contribution in [1.29, 1.82) is 0 Å². The summed E-state index contributed by atoms with van der Waals surface area (Å²) < 4.78 is 26.1. The Bertz CT molecular complexity index is 156. The molecule has 14 heavy (non-hydrogen) atoms. The van der Waals surface area contributed by atoms with Crippen molar-refractivity contribution in [2.24, 2.45) is 23.2 Å². The molecule has 0 saturated carbocycles. The first kappa shape index (κ1) is 13.9. The largest absolute Gasteiger partial charge is 0.244 e. The average Bonchev–Trinajstić information content (AvgIpc) is 2.02. The van der Waals surface area contributed by atoms with Gasteiger partial charge in [0.2, 0.25) is 6.43 Å². The van der Waals surface area contributed by atoms with Gasteiger partial charge in [-0.3, -0.25) is 0 Å². The minimum atomic E-state index is -2.22. The number of hydrogen-bond donors (Lipinski definition) is 0. The molecular formula is C12H24F2. The Hall–Kier alpha value is -0.140. The first-order valence-electron chi connectivity index (χ1n) is 5.55.